The number of benzene rings is 1. The molecule has 122 valence electrons. The highest BCUT2D eigenvalue weighted by molar-refractivity contribution is 14.0. The van der Waals surface area contributed by atoms with Crippen molar-refractivity contribution in [3.8, 4) is 0 Å². The lowest BCUT2D eigenvalue weighted by Gasteiger charge is -2.22. The summed E-state index contributed by atoms with van der Waals surface area (Å²) in [5.74, 6) is 0.859. The first kappa shape index (κ1) is 17.8. The Kier molecular flexibility index (Phi) is 6.77. The van der Waals surface area contributed by atoms with Crippen molar-refractivity contribution in [3.63, 3.8) is 0 Å². The highest BCUT2D eigenvalue weighted by Gasteiger charge is 2.41. The summed E-state index contributed by atoms with van der Waals surface area (Å²) in [4.78, 5) is 4.30. The fourth-order valence-electron chi connectivity index (χ4n) is 3.18. The van der Waals surface area contributed by atoms with Crippen LogP contribution >= 0.6 is 35.6 Å². The van der Waals surface area contributed by atoms with Crippen LogP contribution in [0.3, 0.4) is 0 Å². The molecule has 0 radical (unpaired) electrons. The Labute approximate surface area is 154 Å². The molecule has 1 aromatic rings. The average Bonchev–Trinajstić information content (AvgIpc) is 3.09. The van der Waals surface area contributed by atoms with Crippen LogP contribution in [-0.2, 0) is 11.2 Å². The normalized spacial score (nSPS) is 26.6. The number of hydrogen-bond donors (Lipinski definition) is 2. The Balaban J connectivity index is 0.00000176. The summed E-state index contributed by atoms with van der Waals surface area (Å²) in [5, 5.41) is 7.63. The molecule has 1 aromatic carbocycles. The van der Waals surface area contributed by atoms with E-state index in [9.17, 15) is 0 Å². The third-order valence-corrected chi connectivity index (χ3v) is 4.48. The highest BCUT2D eigenvalue weighted by Crippen LogP contribution is 2.34. The SMILES string of the molecule is CN=C(NCCc1cccc(Cl)c1)NC1CC2CCC1O2.I. The van der Waals surface area contributed by atoms with Gasteiger partial charge in [0.05, 0.1) is 18.2 Å². The minimum atomic E-state index is 0. The van der Waals surface area contributed by atoms with Gasteiger partial charge in [-0.05, 0) is 43.4 Å². The summed E-state index contributed by atoms with van der Waals surface area (Å²) in [5.41, 5.74) is 1.23. The summed E-state index contributed by atoms with van der Waals surface area (Å²) in [6.45, 7) is 0.835. The predicted molar refractivity (Wildman–Crippen MR) is 101 cm³/mol. The molecule has 4 nitrogen and oxygen atoms in total. The van der Waals surface area contributed by atoms with Gasteiger partial charge in [-0.25, -0.2) is 0 Å². The van der Waals surface area contributed by atoms with Crippen LogP contribution in [0.4, 0.5) is 0 Å². The van der Waals surface area contributed by atoms with Crippen LogP contribution in [0.15, 0.2) is 29.3 Å². The Hall–Kier alpha value is -0.530. The molecule has 3 unspecified atom stereocenters. The average molecular weight is 436 g/mol. The number of nitrogens with zero attached hydrogens (tertiary/aromatic N) is 1. The summed E-state index contributed by atoms with van der Waals surface area (Å²) < 4.78 is 5.86. The summed E-state index contributed by atoms with van der Waals surface area (Å²) >= 11 is 5.99. The van der Waals surface area contributed by atoms with Crippen molar-refractivity contribution in [2.24, 2.45) is 4.99 Å². The van der Waals surface area contributed by atoms with Crippen molar-refractivity contribution in [2.75, 3.05) is 13.6 Å². The number of aliphatic imine (C=N–C) groups is 1. The molecule has 2 N–H and O–H groups in total. The standard InChI is InChI=1S/C16H22ClN3O.HI/c1-18-16(20-14-10-13-5-6-15(14)21-13)19-8-7-11-3-2-4-12(17)9-11;/h2-4,9,13-15H,5-8,10H2,1H3,(H2,18,19,20);1H. The van der Waals surface area contributed by atoms with Crippen LogP contribution < -0.4 is 10.6 Å². The van der Waals surface area contributed by atoms with Gasteiger partial charge in [-0.1, -0.05) is 23.7 Å². The van der Waals surface area contributed by atoms with Gasteiger partial charge in [-0.3, -0.25) is 4.99 Å². The van der Waals surface area contributed by atoms with Crippen molar-refractivity contribution >= 4 is 41.5 Å². The molecule has 6 heteroatoms. The zero-order chi connectivity index (χ0) is 14.7. The monoisotopic (exact) mass is 435 g/mol. The Morgan fingerprint density at radius 1 is 1.41 bits per heavy atom. The van der Waals surface area contributed by atoms with E-state index >= 15 is 0 Å². The lowest BCUT2D eigenvalue weighted by molar-refractivity contribution is 0.0992. The first-order valence-corrected chi connectivity index (χ1v) is 7.99. The number of hydrogen-bond acceptors (Lipinski definition) is 2. The van der Waals surface area contributed by atoms with Gasteiger partial charge in [-0.15, -0.1) is 24.0 Å². The van der Waals surface area contributed by atoms with E-state index in [-0.39, 0.29) is 24.0 Å². The van der Waals surface area contributed by atoms with E-state index in [1.54, 1.807) is 0 Å². The lowest BCUT2D eigenvalue weighted by Crippen LogP contribution is -2.47. The third-order valence-electron chi connectivity index (χ3n) is 4.25. The number of ether oxygens (including phenoxy) is 1. The van der Waals surface area contributed by atoms with E-state index < -0.39 is 0 Å². The fourth-order valence-corrected chi connectivity index (χ4v) is 3.39. The molecule has 3 rings (SSSR count). The van der Waals surface area contributed by atoms with E-state index in [1.807, 2.05) is 25.2 Å². The van der Waals surface area contributed by atoms with Gasteiger partial charge in [0.15, 0.2) is 5.96 Å². The van der Waals surface area contributed by atoms with E-state index in [1.165, 1.54) is 18.4 Å². The molecule has 0 spiro atoms. The number of rotatable bonds is 4. The smallest absolute Gasteiger partial charge is 0.191 e. The van der Waals surface area contributed by atoms with Crippen LogP contribution in [0.25, 0.3) is 0 Å². The van der Waals surface area contributed by atoms with Gasteiger partial charge >= 0.3 is 0 Å². The van der Waals surface area contributed by atoms with Crippen LogP contribution in [0.5, 0.6) is 0 Å². The van der Waals surface area contributed by atoms with Crippen LogP contribution in [0.1, 0.15) is 24.8 Å². The molecule has 3 atom stereocenters. The lowest BCUT2D eigenvalue weighted by atomic mass is 9.96. The third kappa shape index (κ3) is 4.49. The van der Waals surface area contributed by atoms with Crippen molar-refractivity contribution in [1.29, 1.82) is 0 Å². The Bertz CT molecular complexity index is 526. The number of fused-ring (bicyclic) bond motifs is 2. The molecular formula is C16H23ClIN3O. The number of guanidine groups is 1. The minimum absolute atomic E-state index is 0. The minimum Gasteiger partial charge on any atom is -0.373 e. The molecule has 0 aromatic heterocycles. The first-order chi connectivity index (χ1) is 10.2. The zero-order valence-electron chi connectivity index (χ0n) is 12.7. The zero-order valence-corrected chi connectivity index (χ0v) is 15.8. The molecule has 22 heavy (non-hydrogen) atoms. The molecule has 0 saturated carbocycles. The molecule has 0 amide bonds. The number of halogens is 2. The van der Waals surface area contributed by atoms with Gasteiger partial charge in [0.1, 0.15) is 0 Å². The van der Waals surface area contributed by atoms with Crippen molar-refractivity contribution in [3.05, 3.63) is 34.9 Å². The van der Waals surface area contributed by atoms with Gasteiger partial charge in [0, 0.05) is 18.6 Å². The molecular weight excluding hydrogens is 413 g/mol. The topological polar surface area (TPSA) is 45.7 Å². The Morgan fingerprint density at radius 3 is 2.91 bits per heavy atom. The van der Waals surface area contributed by atoms with Crippen molar-refractivity contribution in [2.45, 2.75) is 43.9 Å². The molecule has 2 aliphatic heterocycles. The second kappa shape index (κ2) is 8.36. The largest absolute Gasteiger partial charge is 0.373 e. The van der Waals surface area contributed by atoms with Crippen molar-refractivity contribution in [1.82, 2.24) is 10.6 Å². The molecule has 0 aliphatic carbocycles. The Morgan fingerprint density at radius 2 is 2.27 bits per heavy atom. The van der Waals surface area contributed by atoms with E-state index in [0.717, 1.165) is 30.4 Å². The fraction of sp³-hybridized carbons (Fsp3) is 0.562. The van der Waals surface area contributed by atoms with Crippen LogP contribution in [0, 0.1) is 0 Å². The van der Waals surface area contributed by atoms with Gasteiger partial charge in [0.25, 0.3) is 0 Å². The summed E-state index contributed by atoms with van der Waals surface area (Å²) in [6, 6.07) is 8.38. The molecule has 2 saturated heterocycles. The molecule has 2 bridgehead atoms. The maximum atomic E-state index is 5.99. The maximum absolute atomic E-state index is 5.99. The van der Waals surface area contributed by atoms with Gasteiger partial charge < -0.3 is 15.4 Å². The molecule has 2 fully saturated rings. The molecule has 2 aliphatic rings. The van der Waals surface area contributed by atoms with Crippen molar-refractivity contribution < 1.29 is 4.74 Å². The molecule has 2 heterocycles. The van der Waals surface area contributed by atoms with E-state index in [0.29, 0.717) is 18.2 Å². The van der Waals surface area contributed by atoms with Gasteiger partial charge in [-0.2, -0.15) is 0 Å². The second-order valence-corrected chi connectivity index (χ2v) is 6.18. The first-order valence-electron chi connectivity index (χ1n) is 7.61. The second-order valence-electron chi connectivity index (χ2n) is 5.74. The summed E-state index contributed by atoms with van der Waals surface area (Å²) in [7, 11) is 1.81. The quantitative estimate of drug-likeness (QED) is 0.434. The van der Waals surface area contributed by atoms with Crippen LogP contribution in [0.2, 0.25) is 5.02 Å². The highest BCUT2D eigenvalue weighted by atomic mass is 127. The maximum Gasteiger partial charge on any atom is 0.191 e. The number of nitrogens with one attached hydrogen (secondary N) is 2. The van der Waals surface area contributed by atoms with E-state index in [2.05, 4.69) is 21.7 Å². The predicted octanol–water partition coefficient (Wildman–Crippen LogP) is 2.99. The summed E-state index contributed by atoms with van der Waals surface area (Å²) in [6.07, 6.45) is 5.22. The van der Waals surface area contributed by atoms with Gasteiger partial charge in [0.2, 0.25) is 0 Å². The van der Waals surface area contributed by atoms with Crippen LogP contribution in [-0.4, -0.2) is 37.8 Å². The van der Waals surface area contributed by atoms with E-state index in [4.69, 9.17) is 16.3 Å².